The van der Waals surface area contributed by atoms with E-state index in [1.807, 2.05) is 18.7 Å². The van der Waals surface area contributed by atoms with Crippen LogP contribution < -0.4 is 0 Å². The maximum atomic E-state index is 12.6. The van der Waals surface area contributed by atoms with Crippen molar-refractivity contribution in [2.45, 2.75) is 19.8 Å². The summed E-state index contributed by atoms with van der Waals surface area (Å²) in [7, 11) is 1.70. The van der Waals surface area contributed by atoms with E-state index in [4.69, 9.17) is 14.0 Å². The molecule has 1 aromatic heterocycles. The highest BCUT2D eigenvalue weighted by atomic mass is 16.5. The number of hydrogen-bond acceptors (Lipinski definition) is 5. The largest absolute Gasteiger partial charge is 0.384 e. The maximum absolute atomic E-state index is 12.6. The molecule has 6 heteroatoms. The van der Waals surface area contributed by atoms with Gasteiger partial charge in [0.1, 0.15) is 5.76 Å². The molecule has 0 saturated carbocycles. The average Bonchev–Trinajstić information content (AvgIpc) is 3.10. The van der Waals surface area contributed by atoms with Gasteiger partial charge in [-0.3, -0.25) is 4.79 Å². The molecular formula is C15H22N2O4. The molecular weight excluding hydrogens is 272 g/mol. The molecule has 3 rings (SSSR count). The van der Waals surface area contributed by atoms with Gasteiger partial charge in [-0.2, -0.15) is 0 Å². The first-order valence-electron chi connectivity index (χ1n) is 7.38. The van der Waals surface area contributed by atoms with Gasteiger partial charge in [-0.1, -0.05) is 19.0 Å². The molecule has 0 spiro atoms. The minimum Gasteiger partial charge on any atom is -0.384 e. The molecule has 21 heavy (non-hydrogen) atoms. The molecule has 0 bridgehead atoms. The van der Waals surface area contributed by atoms with Crippen molar-refractivity contribution in [1.29, 1.82) is 0 Å². The maximum Gasteiger partial charge on any atom is 0.276 e. The summed E-state index contributed by atoms with van der Waals surface area (Å²) in [4.78, 5) is 14.4. The van der Waals surface area contributed by atoms with Crippen LogP contribution in [0.25, 0.3) is 0 Å². The predicted octanol–water partition coefficient (Wildman–Crippen LogP) is 1.53. The highest BCUT2D eigenvalue weighted by molar-refractivity contribution is 5.92. The van der Waals surface area contributed by atoms with Crippen molar-refractivity contribution in [3.8, 4) is 0 Å². The lowest BCUT2D eigenvalue weighted by atomic mass is 9.82. The zero-order valence-electron chi connectivity index (χ0n) is 12.8. The van der Waals surface area contributed by atoms with E-state index in [9.17, 15) is 4.79 Å². The number of nitrogens with zero attached hydrogens (tertiary/aromatic N) is 2. The molecule has 0 N–H and O–H groups in total. The van der Waals surface area contributed by atoms with E-state index in [-0.39, 0.29) is 17.2 Å². The Morgan fingerprint density at radius 3 is 3.10 bits per heavy atom. The van der Waals surface area contributed by atoms with Crippen molar-refractivity contribution in [3.63, 3.8) is 0 Å². The summed E-state index contributed by atoms with van der Waals surface area (Å²) >= 11 is 0. The second kappa shape index (κ2) is 5.42. The number of methoxy groups -OCH3 is 1. The molecule has 0 radical (unpaired) electrons. The van der Waals surface area contributed by atoms with Crippen LogP contribution in [0.15, 0.2) is 10.6 Å². The monoisotopic (exact) mass is 294 g/mol. The molecule has 0 unspecified atom stereocenters. The molecule has 2 fully saturated rings. The number of fused-ring (bicyclic) bond motifs is 1. The van der Waals surface area contributed by atoms with Crippen molar-refractivity contribution in [3.05, 3.63) is 17.5 Å². The van der Waals surface area contributed by atoms with Crippen LogP contribution in [0, 0.1) is 11.3 Å². The smallest absolute Gasteiger partial charge is 0.276 e. The minimum atomic E-state index is -0.0605. The van der Waals surface area contributed by atoms with Gasteiger partial charge in [0.05, 0.1) is 19.8 Å². The van der Waals surface area contributed by atoms with Gasteiger partial charge >= 0.3 is 0 Å². The summed E-state index contributed by atoms with van der Waals surface area (Å²) in [5.41, 5.74) is 0.335. The molecule has 3 heterocycles. The van der Waals surface area contributed by atoms with E-state index in [0.29, 0.717) is 44.5 Å². The van der Waals surface area contributed by atoms with E-state index in [2.05, 4.69) is 5.16 Å². The summed E-state index contributed by atoms with van der Waals surface area (Å²) in [5.74, 6) is 1.26. The lowest BCUT2D eigenvalue weighted by Crippen LogP contribution is -2.37. The van der Waals surface area contributed by atoms with Crippen LogP contribution in [0.3, 0.4) is 0 Å². The van der Waals surface area contributed by atoms with Gasteiger partial charge in [0, 0.05) is 43.5 Å². The van der Waals surface area contributed by atoms with Crippen LogP contribution in [0.1, 0.15) is 36.0 Å². The average molecular weight is 294 g/mol. The van der Waals surface area contributed by atoms with E-state index >= 15 is 0 Å². The topological polar surface area (TPSA) is 64.8 Å². The second-order valence-corrected chi connectivity index (χ2v) is 6.46. The Bertz CT molecular complexity index is 527. The first kappa shape index (κ1) is 14.5. The number of likely N-dealkylation sites (tertiary alicyclic amines) is 1. The van der Waals surface area contributed by atoms with Gasteiger partial charge in [0.25, 0.3) is 5.91 Å². The third kappa shape index (κ3) is 2.46. The first-order chi connectivity index (χ1) is 10.1. The van der Waals surface area contributed by atoms with Crippen molar-refractivity contribution < 1.29 is 18.8 Å². The summed E-state index contributed by atoms with van der Waals surface area (Å²) < 4.78 is 16.2. The number of carbonyl (C=O) groups excluding carboxylic acids is 1. The number of rotatable bonds is 4. The zero-order valence-corrected chi connectivity index (χ0v) is 12.8. The fourth-order valence-corrected chi connectivity index (χ4v) is 3.30. The SMILES string of the molecule is COC[C@@]12COC[C@@H]1CN(C(=O)c1cc(C(C)C)on1)C2. The Morgan fingerprint density at radius 2 is 2.43 bits per heavy atom. The van der Waals surface area contributed by atoms with E-state index in [1.165, 1.54) is 0 Å². The second-order valence-electron chi connectivity index (χ2n) is 6.46. The lowest BCUT2D eigenvalue weighted by Gasteiger charge is -2.25. The lowest BCUT2D eigenvalue weighted by molar-refractivity contribution is 0.0485. The van der Waals surface area contributed by atoms with Crippen LogP contribution in [0.2, 0.25) is 0 Å². The molecule has 2 aliphatic rings. The van der Waals surface area contributed by atoms with E-state index in [1.54, 1.807) is 13.2 Å². The van der Waals surface area contributed by atoms with Crippen LogP contribution in [-0.2, 0) is 9.47 Å². The summed E-state index contributed by atoms with van der Waals surface area (Å²) in [6.07, 6.45) is 0. The minimum absolute atomic E-state index is 0.0597. The molecule has 116 valence electrons. The Labute approximate surface area is 124 Å². The quantitative estimate of drug-likeness (QED) is 0.842. The van der Waals surface area contributed by atoms with Crippen molar-refractivity contribution in [2.24, 2.45) is 11.3 Å². The van der Waals surface area contributed by atoms with Crippen LogP contribution in [0.4, 0.5) is 0 Å². The molecule has 1 aromatic rings. The molecule has 2 saturated heterocycles. The third-order valence-electron chi connectivity index (χ3n) is 4.56. The van der Waals surface area contributed by atoms with Gasteiger partial charge in [0.2, 0.25) is 0 Å². The Balaban J connectivity index is 1.74. The fourth-order valence-electron chi connectivity index (χ4n) is 3.30. The standard InChI is InChI=1S/C15H22N2O4/c1-10(2)13-4-12(16-21-13)14(18)17-5-11-6-20-9-15(11,7-17)8-19-3/h4,10-11H,5-9H2,1-3H3/t11-,15-/m0/s1. The molecule has 2 aliphatic heterocycles. The van der Waals surface area contributed by atoms with Gasteiger partial charge in [-0.15, -0.1) is 0 Å². The number of hydrogen-bond donors (Lipinski definition) is 0. The third-order valence-corrected chi connectivity index (χ3v) is 4.56. The van der Waals surface area contributed by atoms with Gasteiger partial charge in [-0.25, -0.2) is 0 Å². The molecule has 0 aromatic carbocycles. The van der Waals surface area contributed by atoms with Gasteiger partial charge in [-0.05, 0) is 0 Å². The summed E-state index contributed by atoms with van der Waals surface area (Å²) in [6.45, 7) is 7.37. The highest BCUT2D eigenvalue weighted by Gasteiger charge is 2.52. The van der Waals surface area contributed by atoms with Gasteiger partial charge < -0.3 is 18.9 Å². The van der Waals surface area contributed by atoms with Crippen LogP contribution >= 0.6 is 0 Å². The Kier molecular flexibility index (Phi) is 3.75. The number of amides is 1. The van der Waals surface area contributed by atoms with E-state index in [0.717, 1.165) is 5.76 Å². The van der Waals surface area contributed by atoms with Crippen LogP contribution in [-0.4, -0.2) is 56.0 Å². The van der Waals surface area contributed by atoms with Crippen molar-refractivity contribution in [1.82, 2.24) is 10.1 Å². The van der Waals surface area contributed by atoms with Crippen LogP contribution in [0.5, 0.6) is 0 Å². The zero-order chi connectivity index (χ0) is 15.0. The van der Waals surface area contributed by atoms with Gasteiger partial charge in [0.15, 0.2) is 5.69 Å². The Morgan fingerprint density at radius 1 is 1.62 bits per heavy atom. The molecule has 6 nitrogen and oxygen atoms in total. The molecule has 2 atom stereocenters. The summed E-state index contributed by atoms with van der Waals surface area (Å²) in [6, 6.07) is 1.75. The first-order valence-corrected chi connectivity index (χ1v) is 7.38. The Hall–Kier alpha value is -1.40. The van der Waals surface area contributed by atoms with E-state index < -0.39 is 0 Å². The summed E-state index contributed by atoms with van der Waals surface area (Å²) in [5, 5.41) is 3.92. The fraction of sp³-hybridized carbons (Fsp3) is 0.733. The number of ether oxygens (including phenoxy) is 2. The number of aromatic nitrogens is 1. The molecule has 0 aliphatic carbocycles. The highest BCUT2D eigenvalue weighted by Crippen LogP contribution is 2.41. The number of carbonyl (C=O) groups is 1. The predicted molar refractivity (Wildman–Crippen MR) is 75.1 cm³/mol. The van der Waals surface area contributed by atoms with Crippen molar-refractivity contribution in [2.75, 3.05) is 40.0 Å². The van der Waals surface area contributed by atoms with Crippen molar-refractivity contribution >= 4 is 5.91 Å². The normalized spacial score (nSPS) is 28.4. The molecule has 1 amide bonds.